The lowest BCUT2D eigenvalue weighted by Crippen LogP contribution is -2.43. The Kier molecular flexibility index (Phi) is 4.06. The maximum absolute atomic E-state index is 12.4. The van der Waals surface area contributed by atoms with Crippen LogP contribution in [0.4, 0.5) is 4.79 Å². The van der Waals surface area contributed by atoms with Gasteiger partial charge in [0.2, 0.25) is 0 Å². The Hall–Kier alpha value is -1.91. The van der Waals surface area contributed by atoms with Gasteiger partial charge in [-0.15, -0.1) is 0 Å². The molecule has 0 bridgehead atoms. The highest BCUT2D eigenvalue weighted by atomic mass is 16.6. The van der Waals surface area contributed by atoms with Crippen LogP contribution in [-0.4, -0.2) is 39.9 Å². The van der Waals surface area contributed by atoms with Crippen LogP contribution >= 0.6 is 0 Å². The molecule has 0 N–H and O–H groups in total. The number of hydrogen-bond acceptors (Lipinski definition) is 4. The highest BCUT2D eigenvalue weighted by Gasteiger charge is 2.36. The number of ether oxygens (including phenoxy) is 1. The Labute approximate surface area is 118 Å². The van der Waals surface area contributed by atoms with Gasteiger partial charge in [0.15, 0.2) is 5.78 Å². The first-order valence-electron chi connectivity index (χ1n) is 6.82. The first-order chi connectivity index (χ1) is 9.38. The third-order valence-electron chi connectivity index (χ3n) is 3.13. The second-order valence-electron chi connectivity index (χ2n) is 5.94. The predicted octanol–water partition coefficient (Wildman–Crippen LogP) is 2.66. The third kappa shape index (κ3) is 3.35. The van der Waals surface area contributed by atoms with Crippen molar-refractivity contribution in [1.82, 2.24) is 9.88 Å². The molecule has 1 aromatic heterocycles. The smallest absolute Gasteiger partial charge is 0.410 e. The molecule has 20 heavy (non-hydrogen) atoms. The fourth-order valence-corrected chi connectivity index (χ4v) is 2.28. The van der Waals surface area contributed by atoms with Gasteiger partial charge in [-0.25, -0.2) is 4.79 Å². The number of ketones is 1. The molecule has 0 aromatic carbocycles. The minimum Gasteiger partial charge on any atom is -0.444 e. The van der Waals surface area contributed by atoms with Crippen molar-refractivity contribution in [1.29, 1.82) is 0 Å². The molecule has 2 heterocycles. The Morgan fingerprint density at radius 1 is 1.40 bits per heavy atom. The van der Waals surface area contributed by atoms with E-state index in [4.69, 9.17) is 4.74 Å². The van der Waals surface area contributed by atoms with Crippen LogP contribution in [0.1, 0.15) is 44.0 Å². The molecule has 0 saturated carbocycles. The van der Waals surface area contributed by atoms with E-state index in [9.17, 15) is 9.59 Å². The molecule has 1 aliphatic rings. The van der Waals surface area contributed by atoms with Crippen molar-refractivity contribution in [2.75, 3.05) is 6.54 Å². The average molecular weight is 276 g/mol. The second-order valence-corrected chi connectivity index (χ2v) is 5.94. The molecule has 1 aromatic rings. The normalized spacial score (nSPS) is 18.9. The maximum Gasteiger partial charge on any atom is 0.410 e. The SMILES string of the molecule is CC(C)(C)OC(=O)N1CCCC1C(=O)c1cccnc1. The summed E-state index contributed by atoms with van der Waals surface area (Å²) in [4.78, 5) is 30.1. The minimum atomic E-state index is -0.554. The standard InChI is InChI=1S/C15H20N2O3/c1-15(2,3)20-14(19)17-9-5-7-12(17)13(18)11-6-4-8-16-10-11/h4,6,8,10,12H,5,7,9H2,1-3H3. The molecule has 1 saturated heterocycles. The van der Waals surface area contributed by atoms with Gasteiger partial charge in [0.05, 0.1) is 6.04 Å². The predicted molar refractivity (Wildman–Crippen MR) is 74.5 cm³/mol. The molecule has 108 valence electrons. The maximum atomic E-state index is 12.4. The van der Waals surface area contributed by atoms with Crippen molar-refractivity contribution < 1.29 is 14.3 Å². The number of Topliss-reactive ketones (excluding diaryl/α,β-unsaturated/α-hetero) is 1. The van der Waals surface area contributed by atoms with Crippen molar-refractivity contribution >= 4 is 11.9 Å². The molecule has 0 aliphatic carbocycles. The summed E-state index contributed by atoms with van der Waals surface area (Å²) in [6.07, 6.45) is 4.23. The van der Waals surface area contributed by atoms with E-state index in [0.29, 0.717) is 18.5 Å². The van der Waals surface area contributed by atoms with Gasteiger partial charge < -0.3 is 4.74 Å². The Bertz CT molecular complexity index is 494. The van der Waals surface area contributed by atoms with Gasteiger partial charge in [0.25, 0.3) is 0 Å². The van der Waals surface area contributed by atoms with Gasteiger partial charge in [-0.1, -0.05) is 0 Å². The van der Waals surface area contributed by atoms with E-state index in [0.717, 1.165) is 6.42 Å². The number of amides is 1. The summed E-state index contributed by atoms with van der Waals surface area (Å²) >= 11 is 0. The monoisotopic (exact) mass is 276 g/mol. The molecule has 1 fully saturated rings. The Morgan fingerprint density at radius 2 is 2.15 bits per heavy atom. The van der Waals surface area contributed by atoms with Gasteiger partial charge in [-0.3, -0.25) is 14.7 Å². The number of rotatable bonds is 2. The van der Waals surface area contributed by atoms with Gasteiger partial charge in [-0.2, -0.15) is 0 Å². The quantitative estimate of drug-likeness (QED) is 0.779. The highest BCUT2D eigenvalue weighted by Crippen LogP contribution is 2.23. The van der Waals surface area contributed by atoms with Gasteiger partial charge in [-0.05, 0) is 45.7 Å². The van der Waals surface area contributed by atoms with E-state index in [1.807, 2.05) is 20.8 Å². The number of carbonyl (C=O) groups excluding carboxylic acids is 2. The summed E-state index contributed by atoms with van der Waals surface area (Å²) in [5.41, 5.74) is -0.0188. The molecule has 1 amide bonds. The Morgan fingerprint density at radius 3 is 2.75 bits per heavy atom. The van der Waals surface area contributed by atoms with Crippen LogP contribution in [0, 0.1) is 0 Å². The molecule has 1 atom stereocenters. The summed E-state index contributed by atoms with van der Waals surface area (Å²) in [7, 11) is 0. The average Bonchev–Trinajstić information content (AvgIpc) is 2.86. The van der Waals surface area contributed by atoms with Crippen LogP contribution in [0.15, 0.2) is 24.5 Å². The van der Waals surface area contributed by atoms with Gasteiger partial charge in [0, 0.05) is 24.5 Å². The molecule has 1 unspecified atom stereocenters. The van der Waals surface area contributed by atoms with Crippen molar-refractivity contribution in [3.8, 4) is 0 Å². The number of carbonyl (C=O) groups is 2. The summed E-state index contributed by atoms with van der Waals surface area (Å²) < 4.78 is 5.36. The molecule has 5 nitrogen and oxygen atoms in total. The van der Waals surface area contributed by atoms with Gasteiger partial charge >= 0.3 is 6.09 Å². The third-order valence-corrected chi connectivity index (χ3v) is 3.13. The van der Waals surface area contributed by atoms with Crippen LogP contribution < -0.4 is 0 Å². The zero-order chi connectivity index (χ0) is 14.8. The lowest BCUT2D eigenvalue weighted by atomic mass is 10.0. The van der Waals surface area contributed by atoms with Crippen molar-refractivity contribution in [3.63, 3.8) is 0 Å². The second kappa shape index (κ2) is 5.61. The number of likely N-dealkylation sites (tertiary alicyclic amines) is 1. The largest absolute Gasteiger partial charge is 0.444 e. The first-order valence-corrected chi connectivity index (χ1v) is 6.82. The molecular weight excluding hydrogens is 256 g/mol. The van der Waals surface area contributed by atoms with E-state index in [1.54, 1.807) is 18.3 Å². The number of hydrogen-bond donors (Lipinski definition) is 0. The van der Waals surface area contributed by atoms with E-state index in [1.165, 1.54) is 11.1 Å². The van der Waals surface area contributed by atoms with Crippen molar-refractivity contribution in [2.24, 2.45) is 0 Å². The van der Waals surface area contributed by atoms with Gasteiger partial charge in [0.1, 0.15) is 5.60 Å². The topological polar surface area (TPSA) is 59.5 Å². The van der Waals surface area contributed by atoms with E-state index in [2.05, 4.69) is 4.98 Å². The number of nitrogens with zero attached hydrogens (tertiary/aromatic N) is 2. The number of pyridine rings is 1. The lowest BCUT2D eigenvalue weighted by molar-refractivity contribution is 0.0222. The van der Waals surface area contributed by atoms with Crippen LogP contribution in [0.3, 0.4) is 0 Å². The van der Waals surface area contributed by atoms with Crippen molar-refractivity contribution in [2.45, 2.75) is 45.3 Å². The van der Waals surface area contributed by atoms with Crippen LogP contribution in [0.2, 0.25) is 0 Å². The van der Waals surface area contributed by atoms with Crippen LogP contribution in [0.25, 0.3) is 0 Å². The highest BCUT2D eigenvalue weighted by molar-refractivity contribution is 6.01. The molecular formula is C15H20N2O3. The summed E-state index contributed by atoms with van der Waals surface area (Å²) in [5, 5.41) is 0. The summed E-state index contributed by atoms with van der Waals surface area (Å²) in [6, 6.07) is 3.01. The molecule has 0 spiro atoms. The lowest BCUT2D eigenvalue weighted by Gasteiger charge is -2.27. The molecule has 5 heteroatoms. The molecule has 2 rings (SSSR count). The summed E-state index contributed by atoms with van der Waals surface area (Å²) in [5.74, 6) is -0.0681. The minimum absolute atomic E-state index is 0.0681. The van der Waals surface area contributed by atoms with Crippen LogP contribution in [-0.2, 0) is 4.74 Å². The first kappa shape index (κ1) is 14.5. The number of aromatic nitrogens is 1. The molecule has 1 aliphatic heterocycles. The molecule has 0 radical (unpaired) electrons. The van der Waals surface area contributed by atoms with E-state index < -0.39 is 17.7 Å². The zero-order valence-electron chi connectivity index (χ0n) is 12.1. The zero-order valence-corrected chi connectivity index (χ0v) is 12.1. The fourth-order valence-electron chi connectivity index (χ4n) is 2.28. The van der Waals surface area contributed by atoms with Crippen LogP contribution in [0.5, 0.6) is 0 Å². The Balaban J connectivity index is 2.11. The fraction of sp³-hybridized carbons (Fsp3) is 0.533. The van der Waals surface area contributed by atoms with E-state index >= 15 is 0 Å². The van der Waals surface area contributed by atoms with Crippen molar-refractivity contribution in [3.05, 3.63) is 30.1 Å². The van der Waals surface area contributed by atoms with E-state index in [-0.39, 0.29) is 5.78 Å². The summed E-state index contributed by atoms with van der Waals surface area (Å²) in [6.45, 7) is 6.02.